The summed E-state index contributed by atoms with van der Waals surface area (Å²) in [5.74, 6) is -0.0396. The molecule has 1 amide bonds. The van der Waals surface area contributed by atoms with E-state index >= 15 is 0 Å². The van der Waals surface area contributed by atoms with Gasteiger partial charge in [-0.1, -0.05) is 0 Å². The van der Waals surface area contributed by atoms with Crippen LogP contribution in [0.5, 0.6) is 0 Å². The lowest BCUT2D eigenvalue weighted by atomic mass is 10.1. The third-order valence-corrected chi connectivity index (χ3v) is 6.04. The van der Waals surface area contributed by atoms with Crippen molar-refractivity contribution in [1.82, 2.24) is 14.1 Å². The summed E-state index contributed by atoms with van der Waals surface area (Å²) in [5.41, 5.74) is 0.528. The summed E-state index contributed by atoms with van der Waals surface area (Å²) >= 11 is 0. The highest BCUT2D eigenvalue weighted by atomic mass is 32.2. The first-order valence-corrected chi connectivity index (χ1v) is 9.23. The van der Waals surface area contributed by atoms with E-state index < -0.39 is 10.0 Å². The second kappa shape index (κ2) is 6.98. The monoisotopic (exact) mass is 339 g/mol. The molecule has 0 aromatic heterocycles. The summed E-state index contributed by atoms with van der Waals surface area (Å²) in [6, 6.07) is 6.66. The van der Waals surface area contributed by atoms with Crippen LogP contribution in [-0.2, 0) is 10.0 Å². The molecule has 1 aliphatic heterocycles. The van der Waals surface area contributed by atoms with Crippen LogP contribution in [0.2, 0.25) is 0 Å². The van der Waals surface area contributed by atoms with Crippen molar-refractivity contribution in [3.63, 3.8) is 0 Å². The average molecular weight is 339 g/mol. The largest absolute Gasteiger partial charge is 0.336 e. The molecule has 2 rings (SSSR count). The van der Waals surface area contributed by atoms with Crippen LogP contribution in [0.1, 0.15) is 24.2 Å². The molecule has 1 aliphatic rings. The quantitative estimate of drug-likeness (QED) is 0.824. The first-order valence-electron chi connectivity index (χ1n) is 7.79. The van der Waals surface area contributed by atoms with E-state index in [1.54, 1.807) is 12.1 Å². The van der Waals surface area contributed by atoms with Gasteiger partial charge in [-0.2, -0.15) is 0 Å². The van der Waals surface area contributed by atoms with Crippen LogP contribution in [0.4, 0.5) is 0 Å². The van der Waals surface area contributed by atoms with Crippen LogP contribution in [0, 0.1) is 0 Å². The first kappa shape index (κ1) is 17.9. The van der Waals surface area contributed by atoms with Gasteiger partial charge in [0, 0.05) is 51.9 Å². The van der Waals surface area contributed by atoms with E-state index in [-0.39, 0.29) is 10.8 Å². The highest BCUT2D eigenvalue weighted by molar-refractivity contribution is 7.89. The number of carbonyl (C=O) groups excluding carboxylic acids is 1. The van der Waals surface area contributed by atoms with Crippen LogP contribution in [0.15, 0.2) is 29.2 Å². The molecular formula is C16H25N3O3S. The highest BCUT2D eigenvalue weighted by Crippen LogP contribution is 2.16. The lowest BCUT2D eigenvalue weighted by Gasteiger charge is -2.37. The molecule has 0 saturated carbocycles. The van der Waals surface area contributed by atoms with Gasteiger partial charge in [0.05, 0.1) is 4.90 Å². The predicted molar refractivity (Wildman–Crippen MR) is 89.9 cm³/mol. The van der Waals surface area contributed by atoms with Crippen LogP contribution in [0.3, 0.4) is 0 Å². The van der Waals surface area contributed by atoms with E-state index in [1.165, 1.54) is 26.2 Å². The minimum Gasteiger partial charge on any atom is -0.336 e. The van der Waals surface area contributed by atoms with Crippen molar-refractivity contribution in [1.29, 1.82) is 0 Å². The Morgan fingerprint density at radius 2 is 1.57 bits per heavy atom. The van der Waals surface area contributed by atoms with Crippen LogP contribution >= 0.6 is 0 Å². The molecule has 0 bridgehead atoms. The summed E-state index contributed by atoms with van der Waals surface area (Å²) in [7, 11) is -0.482. The van der Waals surface area contributed by atoms with Crippen molar-refractivity contribution in [2.75, 3.05) is 40.3 Å². The molecular weight excluding hydrogens is 314 g/mol. The van der Waals surface area contributed by atoms with Crippen molar-refractivity contribution < 1.29 is 13.2 Å². The molecule has 7 heteroatoms. The fraction of sp³-hybridized carbons (Fsp3) is 0.562. The maximum atomic E-state index is 12.5. The number of piperazine rings is 1. The molecule has 0 unspecified atom stereocenters. The van der Waals surface area contributed by atoms with E-state index in [4.69, 9.17) is 0 Å². The van der Waals surface area contributed by atoms with E-state index in [9.17, 15) is 13.2 Å². The average Bonchev–Trinajstić information content (AvgIpc) is 2.54. The van der Waals surface area contributed by atoms with Gasteiger partial charge in [0.1, 0.15) is 0 Å². The molecule has 0 N–H and O–H groups in total. The van der Waals surface area contributed by atoms with E-state index in [0.717, 1.165) is 17.4 Å². The molecule has 1 heterocycles. The van der Waals surface area contributed by atoms with Gasteiger partial charge in [-0.3, -0.25) is 9.69 Å². The van der Waals surface area contributed by atoms with Crippen molar-refractivity contribution in [2.24, 2.45) is 0 Å². The Hall–Kier alpha value is -1.44. The highest BCUT2D eigenvalue weighted by Gasteiger charge is 2.24. The zero-order valence-electron chi connectivity index (χ0n) is 14.2. The molecule has 0 spiro atoms. The van der Waals surface area contributed by atoms with Gasteiger partial charge in [0.2, 0.25) is 10.0 Å². The zero-order chi connectivity index (χ0) is 17.2. The summed E-state index contributed by atoms with van der Waals surface area (Å²) in [5, 5.41) is 0. The Morgan fingerprint density at radius 1 is 1.04 bits per heavy atom. The number of hydrogen-bond acceptors (Lipinski definition) is 4. The SMILES string of the molecule is CC(C)N1CCN(C(=O)c2ccc(S(=O)(=O)N(C)C)cc2)CC1. The Labute approximate surface area is 138 Å². The van der Waals surface area contributed by atoms with Gasteiger partial charge in [-0.05, 0) is 38.1 Å². The molecule has 6 nitrogen and oxygen atoms in total. The van der Waals surface area contributed by atoms with Gasteiger partial charge >= 0.3 is 0 Å². The minimum absolute atomic E-state index is 0.0396. The number of hydrogen-bond donors (Lipinski definition) is 0. The topological polar surface area (TPSA) is 60.9 Å². The number of nitrogens with zero attached hydrogens (tertiary/aromatic N) is 3. The number of sulfonamides is 1. The van der Waals surface area contributed by atoms with E-state index in [1.807, 2.05) is 4.90 Å². The molecule has 0 atom stereocenters. The molecule has 1 fully saturated rings. The molecule has 1 saturated heterocycles. The third kappa shape index (κ3) is 3.91. The molecule has 1 aromatic rings. The van der Waals surface area contributed by atoms with Crippen LogP contribution in [-0.4, -0.2) is 74.7 Å². The normalized spacial score (nSPS) is 17.0. The second-order valence-electron chi connectivity index (χ2n) is 6.23. The zero-order valence-corrected chi connectivity index (χ0v) is 15.0. The fourth-order valence-electron chi connectivity index (χ4n) is 2.60. The lowest BCUT2D eigenvalue weighted by molar-refractivity contribution is 0.0595. The maximum Gasteiger partial charge on any atom is 0.253 e. The van der Waals surface area contributed by atoms with Crippen molar-refractivity contribution in [3.05, 3.63) is 29.8 Å². The van der Waals surface area contributed by atoms with Crippen LogP contribution in [0.25, 0.3) is 0 Å². The van der Waals surface area contributed by atoms with Gasteiger partial charge in [0.15, 0.2) is 0 Å². The van der Waals surface area contributed by atoms with E-state index in [0.29, 0.717) is 24.7 Å². The predicted octanol–water partition coefficient (Wildman–Crippen LogP) is 1.10. The van der Waals surface area contributed by atoms with Gasteiger partial charge < -0.3 is 4.90 Å². The van der Waals surface area contributed by atoms with E-state index in [2.05, 4.69) is 18.7 Å². The fourth-order valence-corrected chi connectivity index (χ4v) is 3.51. The van der Waals surface area contributed by atoms with Gasteiger partial charge in [-0.25, -0.2) is 12.7 Å². The number of rotatable bonds is 4. The summed E-state index contributed by atoms with van der Waals surface area (Å²) in [4.78, 5) is 16.9. The summed E-state index contributed by atoms with van der Waals surface area (Å²) in [6.07, 6.45) is 0. The number of carbonyl (C=O) groups is 1. The number of amides is 1. The standard InChI is InChI=1S/C16H25N3O3S/c1-13(2)18-9-11-19(12-10-18)16(20)14-5-7-15(8-6-14)23(21,22)17(3)4/h5-8,13H,9-12H2,1-4H3. The van der Waals surface area contributed by atoms with Crippen molar-refractivity contribution in [2.45, 2.75) is 24.8 Å². The minimum atomic E-state index is -3.46. The Balaban J connectivity index is 2.07. The van der Waals surface area contributed by atoms with Crippen LogP contribution < -0.4 is 0 Å². The van der Waals surface area contributed by atoms with Gasteiger partial charge in [0.25, 0.3) is 5.91 Å². The Kier molecular flexibility index (Phi) is 5.44. The summed E-state index contributed by atoms with van der Waals surface area (Å²) < 4.78 is 25.2. The molecule has 0 aliphatic carbocycles. The molecule has 1 aromatic carbocycles. The smallest absolute Gasteiger partial charge is 0.253 e. The summed E-state index contributed by atoms with van der Waals surface area (Å²) in [6.45, 7) is 7.46. The molecule has 23 heavy (non-hydrogen) atoms. The third-order valence-electron chi connectivity index (χ3n) is 4.21. The molecule has 128 valence electrons. The van der Waals surface area contributed by atoms with Gasteiger partial charge in [-0.15, -0.1) is 0 Å². The van der Waals surface area contributed by atoms with Crippen molar-refractivity contribution in [3.8, 4) is 0 Å². The van der Waals surface area contributed by atoms with Crippen molar-refractivity contribution >= 4 is 15.9 Å². The first-order chi connectivity index (χ1) is 10.7. The Bertz CT molecular complexity index is 646. The maximum absolute atomic E-state index is 12.5. The Morgan fingerprint density at radius 3 is 2.00 bits per heavy atom. The lowest BCUT2D eigenvalue weighted by Crippen LogP contribution is -2.50. The molecule has 0 radical (unpaired) electrons. The second-order valence-corrected chi connectivity index (χ2v) is 8.39. The number of benzene rings is 1.